The summed E-state index contributed by atoms with van der Waals surface area (Å²) in [6.45, 7) is 4.33. The molecule has 3 aliphatic rings. The largest absolute Gasteiger partial charge is 0.378 e. The number of methoxy groups -OCH3 is 1. The quantitative estimate of drug-likeness (QED) is 0.0203. The van der Waals surface area contributed by atoms with Gasteiger partial charge in [-0.15, -0.1) is 0 Å². The Kier molecular flexibility index (Phi) is 33.5. The summed E-state index contributed by atoms with van der Waals surface area (Å²) in [5.74, 6) is -4.00. The molecule has 3 aliphatic heterocycles. The summed E-state index contributed by atoms with van der Waals surface area (Å²) in [7, 11) is 1.48. The zero-order valence-corrected chi connectivity index (χ0v) is 45.0. The number of carbonyl (C=O) groups excluding carboxylic acids is 11. The van der Waals surface area contributed by atoms with Crippen LogP contribution in [0.15, 0.2) is 48.6 Å². The first-order valence-corrected chi connectivity index (χ1v) is 25.9. The predicted molar refractivity (Wildman–Crippen MR) is 275 cm³/mol. The Morgan fingerprint density at radius 2 is 0.861 bits per heavy atom. The van der Waals surface area contributed by atoms with Crippen molar-refractivity contribution in [2.24, 2.45) is 5.41 Å². The SMILES string of the molecule is C/C=C\C(=O)N(C=O)CCC(=O)NCCOCCOCC(COCCOCCNC(=O)CCN1C(=O)C=CC1=O)(COCCOCCNC(=O)CCN1C(=O)C=CC1=O)COCCOCCNC(=O)CCN1C(=O)C=C[C@H]1OC. The first-order chi connectivity index (χ1) is 38.2. The van der Waals surface area contributed by atoms with Gasteiger partial charge in [0.05, 0.1) is 111 Å². The van der Waals surface area contributed by atoms with Gasteiger partial charge in [-0.25, -0.2) is 0 Å². The van der Waals surface area contributed by atoms with Crippen LogP contribution < -0.4 is 21.3 Å². The first-order valence-electron chi connectivity index (χ1n) is 25.9. The second kappa shape index (κ2) is 39.7. The number of nitrogens with one attached hydrogen (secondary N) is 4. The molecule has 0 aromatic carbocycles. The van der Waals surface area contributed by atoms with E-state index in [1.54, 1.807) is 13.0 Å². The Morgan fingerprint density at radius 1 is 0.506 bits per heavy atom. The molecule has 0 aliphatic carbocycles. The van der Waals surface area contributed by atoms with E-state index in [0.29, 0.717) is 6.41 Å². The lowest BCUT2D eigenvalue weighted by atomic mass is 9.92. The summed E-state index contributed by atoms with van der Waals surface area (Å²) in [5, 5.41) is 10.8. The highest BCUT2D eigenvalue weighted by molar-refractivity contribution is 6.13. The average molecular weight is 1120 g/mol. The smallest absolute Gasteiger partial charge is 0.253 e. The third kappa shape index (κ3) is 27.7. The Bertz CT molecular complexity index is 2010. The van der Waals surface area contributed by atoms with E-state index in [2.05, 4.69) is 21.3 Å². The molecule has 28 nitrogen and oxygen atoms in total. The van der Waals surface area contributed by atoms with E-state index in [-0.39, 0.29) is 213 Å². The van der Waals surface area contributed by atoms with Gasteiger partial charge in [0, 0.05) is 116 Å². The number of amides is 11. The Balaban J connectivity index is 1.50. The van der Waals surface area contributed by atoms with Gasteiger partial charge in [0.2, 0.25) is 35.9 Å². The van der Waals surface area contributed by atoms with Crippen LogP contribution in [0.2, 0.25) is 0 Å². The van der Waals surface area contributed by atoms with E-state index >= 15 is 0 Å². The Hall–Kier alpha value is -6.63. The van der Waals surface area contributed by atoms with Crippen molar-refractivity contribution in [2.75, 3.05) is 165 Å². The van der Waals surface area contributed by atoms with Crippen molar-refractivity contribution in [1.82, 2.24) is 40.9 Å². The van der Waals surface area contributed by atoms with E-state index in [1.165, 1.54) is 30.2 Å². The zero-order valence-electron chi connectivity index (χ0n) is 45.0. The fraction of sp³-hybridized carbons (Fsp3) is 0.627. The maximum absolute atomic E-state index is 12.4. The standard InChI is InChI=1S/C51H76N8O20/c1-3-4-44(65)56(39-60)19-11-40(61)52-15-23-72-27-31-76-35-51(36-77-32-28-73-24-16-53-41(62)12-20-57-45(66)5-6-46(57)67,37-78-33-29-74-25-17-54-42(63)13-21-58-47(68)7-8-48(58)69)38-79-34-30-75-26-18-55-43(64)14-22-59-49(70)9-10-50(59)71-2/h3-10,39,50H,11-38H2,1-2H3,(H,52,61)(H,53,62)(H,54,63)(H,55,64)/b4-3-/t50-/m1/s1. The normalized spacial score (nSPS) is 15.1. The van der Waals surface area contributed by atoms with Gasteiger partial charge in [-0.3, -0.25) is 67.4 Å². The van der Waals surface area contributed by atoms with E-state index in [9.17, 15) is 52.7 Å². The molecule has 0 saturated heterocycles. The number of ether oxygens (including phenoxy) is 9. The molecule has 0 radical (unpaired) electrons. The molecule has 0 saturated carbocycles. The molecule has 3 rings (SSSR count). The molecular formula is C51H76N8O20. The van der Waals surface area contributed by atoms with Crippen molar-refractivity contribution >= 4 is 65.5 Å². The van der Waals surface area contributed by atoms with Crippen LogP contribution in [0.1, 0.15) is 32.6 Å². The van der Waals surface area contributed by atoms with E-state index in [0.717, 1.165) is 39.0 Å². The molecular weight excluding hydrogens is 1040 g/mol. The molecule has 4 N–H and O–H groups in total. The van der Waals surface area contributed by atoms with Crippen LogP contribution in [0.25, 0.3) is 0 Å². The molecule has 3 heterocycles. The summed E-state index contributed by atoms with van der Waals surface area (Å²) >= 11 is 0. The minimum absolute atomic E-state index is 0.0435. The van der Waals surface area contributed by atoms with E-state index in [1.807, 2.05) is 0 Å². The summed E-state index contributed by atoms with van der Waals surface area (Å²) in [6, 6.07) is 0. The van der Waals surface area contributed by atoms with Crippen LogP contribution in [0, 0.1) is 5.41 Å². The lowest BCUT2D eigenvalue weighted by molar-refractivity contribution is -0.139. The number of carbonyl (C=O) groups is 11. The number of hydrogen-bond acceptors (Lipinski definition) is 20. The van der Waals surface area contributed by atoms with Crippen LogP contribution in [0.5, 0.6) is 0 Å². The molecule has 0 aromatic heterocycles. The van der Waals surface area contributed by atoms with Crippen LogP contribution in [0.4, 0.5) is 0 Å². The fourth-order valence-electron chi connectivity index (χ4n) is 7.25. The van der Waals surface area contributed by atoms with Crippen molar-refractivity contribution in [3.8, 4) is 0 Å². The van der Waals surface area contributed by atoms with Crippen molar-refractivity contribution < 1.29 is 95.4 Å². The second-order valence-electron chi connectivity index (χ2n) is 17.5. The molecule has 0 spiro atoms. The highest BCUT2D eigenvalue weighted by atomic mass is 16.6. The van der Waals surface area contributed by atoms with Gasteiger partial charge in [-0.1, -0.05) is 6.08 Å². The molecule has 0 aromatic rings. The lowest BCUT2D eigenvalue weighted by Crippen LogP contribution is -2.43. The summed E-state index contributed by atoms with van der Waals surface area (Å²) in [4.78, 5) is 136. The minimum Gasteiger partial charge on any atom is -0.378 e. The number of allylic oxidation sites excluding steroid dienone is 1. The summed E-state index contributed by atoms with van der Waals surface area (Å²) < 4.78 is 52.2. The predicted octanol–water partition coefficient (Wildman–Crippen LogP) is -3.09. The number of nitrogens with zero attached hydrogens (tertiary/aromatic N) is 4. The van der Waals surface area contributed by atoms with E-state index < -0.39 is 41.2 Å². The highest BCUT2D eigenvalue weighted by Gasteiger charge is 2.33. The van der Waals surface area contributed by atoms with Crippen molar-refractivity contribution in [3.05, 3.63) is 48.6 Å². The lowest BCUT2D eigenvalue weighted by Gasteiger charge is -2.33. The summed E-state index contributed by atoms with van der Waals surface area (Å²) in [6.07, 6.45) is 10.1. The number of rotatable bonds is 47. The molecule has 28 heteroatoms. The van der Waals surface area contributed by atoms with Crippen molar-refractivity contribution in [3.63, 3.8) is 0 Å². The van der Waals surface area contributed by atoms with Gasteiger partial charge < -0.3 is 68.8 Å². The topological polar surface area (TPSA) is 332 Å². The Morgan fingerprint density at radius 3 is 1.22 bits per heavy atom. The minimum atomic E-state index is -0.928. The molecule has 440 valence electrons. The molecule has 11 amide bonds. The molecule has 79 heavy (non-hydrogen) atoms. The van der Waals surface area contributed by atoms with Gasteiger partial charge in [0.15, 0.2) is 6.23 Å². The maximum Gasteiger partial charge on any atom is 0.253 e. The second-order valence-corrected chi connectivity index (χ2v) is 17.5. The molecule has 0 unspecified atom stereocenters. The van der Waals surface area contributed by atoms with Gasteiger partial charge in [0.25, 0.3) is 29.5 Å². The third-order valence-electron chi connectivity index (χ3n) is 11.4. The van der Waals surface area contributed by atoms with Crippen LogP contribution in [-0.2, 0) is 95.4 Å². The van der Waals surface area contributed by atoms with Crippen LogP contribution in [-0.4, -0.2) is 256 Å². The van der Waals surface area contributed by atoms with Crippen LogP contribution >= 0.6 is 0 Å². The third-order valence-corrected chi connectivity index (χ3v) is 11.4. The average Bonchev–Trinajstić information content (AvgIpc) is 4.08. The monoisotopic (exact) mass is 1120 g/mol. The van der Waals surface area contributed by atoms with Gasteiger partial charge in [-0.2, -0.15) is 0 Å². The highest BCUT2D eigenvalue weighted by Crippen LogP contribution is 2.21. The first kappa shape index (κ1) is 66.6. The van der Waals surface area contributed by atoms with Gasteiger partial charge >= 0.3 is 0 Å². The van der Waals surface area contributed by atoms with Crippen LogP contribution in [0.3, 0.4) is 0 Å². The fourth-order valence-corrected chi connectivity index (χ4v) is 7.25. The number of imide groups is 3. The van der Waals surface area contributed by atoms with Crippen molar-refractivity contribution in [1.29, 1.82) is 0 Å². The number of hydrogen-bond donors (Lipinski definition) is 4. The van der Waals surface area contributed by atoms with Gasteiger partial charge in [0.1, 0.15) is 0 Å². The molecule has 0 bridgehead atoms. The zero-order chi connectivity index (χ0) is 57.5. The summed E-state index contributed by atoms with van der Waals surface area (Å²) in [5.41, 5.74) is -0.928. The van der Waals surface area contributed by atoms with E-state index in [4.69, 9.17) is 42.6 Å². The van der Waals surface area contributed by atoms with Gasteiger partial charge in [-0.05, 0) is 19.1 Å². The van der Waals surface area contributed by atoms with Crippen molar-refractivity contribution in [2.45, 2.75) is 38.8 Å². The molecule has 1 atom stereocenters. The maximum atomic E-state index is 12.4. The Labute approximate surface area is 458 Å². The molecule has 0 fully saturated rings.